The first kappa shape index (κ1) is 33.4. The van der Waals surface area contributed by atoms with Crippen LogP contribution in [0.5, 0.6) is 0 Å². The molecule has 0 aliphatic carbocycles. The summed E-state index contributed by atoms with van der Waals surface area (Å²) in [5, 5.41) is 10.3. The molecule has 3 aliphatic rings. The highest BCUT2D eigenvalue weighted by Crippen LogP contribution is 2.61. The van der Waals surface area contributed by atoms with E-state index in [1.807, 2.05) is 44.2 Å². The Morgan fingerprint density at radius 2 is 1.77 bits per heavy atom. The first-order chi connectivity index (χ1) is 20.1. The summed E-state index contributed by atoms with van der Waals surface area (Å²) in [6.07, 6.45) is 3.95. The number of aliphatic hydroxyl groups excluding tert-OH is 1. The number of ether oxygens (including phenoxy) is 1. The van der Waals surface area contributed by atoms with Gasteiger partial charge in [0.1, 0.15) is 11.6 Å². The molecule has 1 aromatic carbocycles. The van der Waals surface area contributed by atoms with Crippen molar-refractivity contribution in [3.8, 4) is 0 Å². The highest BCUT2D eigenvalue weighted by Gasteiger charge is 2.77. The van der Waals surface area contributed by atoms with Gasteiger partial charge in [-0.15, -0.1) is 13.2 Å². The van der Waals surface area contributed by atoms with E-state index in [0.717, 1.165) is 5.56 Å². The number of carbonyl (C=O) groups is 3. The van der Waals surface area contributed by atoms with Gasteiger partial charge in [-0.3, -0.25) is 14.4 Å². The Morgan fingerprint density at radius 3 is 2.33 bits per heavy atom. The lowest BCUT2D eigenvalue weighted by molar-refractivity contribution is -0.155. The van der Waals surface area contributed by atoms with Crippen LogP contribution in [0.4, 0.5) is 0 Å². The summed E-state index contributed by atoms with van der Waals surface area (Å²) in [4.78, 5) is 48.5. The van der Waals surface area contributed by atoms with Crippen LogP contribution < -0.4 is 0 Å². The number of carbonyl (C=O) groups excluding carboxylic acids is 3. The van der Waals surface area contributed by atoms with Crippen molar-refractivity contribution in [3.05, 3.63) is 61.2 Å². The molecule has 7 atom stereocenters. The number of fused-ring (bicyclic) bond motifs is 1. The zero-order valence-corrected chi connectivity index (χ0v) is 28.0. The van der Waals surface area contributed by atoms with Crippen LogP contribution in [0, 0.1) is 17.3 Å². The van der Waals surface area contributed by atoms with Gasteiger partial charge in [-0.25, -0.2) is 0 Å². The quantitative estimate of drug-likeness (QED) is 0.263. The number of amides is 3. The summed E-state index contributed by atoms with van der Waals surface area (Å²) in [5.74, 6) is -2.38. The second-order valence-corrected chi connectivity index (χ2v) is 15.4. The predicted molar refractivity (Wildman–Crippen MR) is 171 cm³/mol. The van der Waals surface area contributed by atoms with Gasteiger partial charge in [-0.2, -0.15) is 0 Å². The fourth-order valence-electron chi connectivity index (χ4n) is 7.90. The van der Waals surface area contributed by atoms with E-state index in [2.05, 4.69) is 49.9 Å². The van der Waals surface area contributed by atoms with Crippen LogP contribution in [0.1, 0.15) is 59.9 Å². The molecule has 236 valence electrons. The van der Waals surface area contributed by atoms with Gasteiger partial charge in [0.05, 0.1) is 30.6 Å². The minimum atomic E-state index is -1.21. The number of rotatable bonds is 12. The topological polar surface area (TPSA) is 90.4 Å². The number of hydrogen-bond donors (Lipinski definition) is 1. The Bertz CT molecular complexity index is 1230. The second-order valence-electron chi connectivity index (χ2n) is 14.2. The number of alkyl halides is 1. The van der Waals surface area contributed by atoms with Gasteiger partial charge in [0.15, 0.2) is 0 Å². The van der Waals surface area contributed by atoms with Crippen LogP contribution in [0.15, 0.2) is 55.6 Å². The number of likely N-dealkylation sites (tertiary alicyclic amines) is 1. The highest BCUT2D eigenvalue weighted by atomic mass is 79.9. The zero-order chi connectivity index (χ0) is 31.9. The molecule has 1 spiro atoms. The molecule has 3 saturated heterocycles. The minimum absolute atomic E-state index is 0.0677. The van der Waals surface area contributed by atoms with Crippen molar-refractivity contribution < 1.29 is 24.2 Å². The van der Waals surface area contributed by atoms with Crippen LogP contribution in [-0.4, -0.2) is 91.4 Å². The molecule has 0 radical (unpaired) electrons. The van der Waals surface area contributed by atoms with Crippen molar-refractivity contribution in [2.24, 2.45) is 17.3 Å². The number of halogens is 1. The average Bonchev–Trinajstić information content (AvgIpc) is 3.52. The molecule has 3 aliphatic heterocycles. The number of aliphatic hydroxyl groups is 1. The number of nitrogens with zero attached hydrogens (tertiary/aromatic N) is 3. The van der Waals surface area contributed by atoms with Gasteiger partial charge in [-0.1, -0.05) is 79.2 Å². The normalized spacial score (nSPS) is 28.9. The molecule has 8 nitrogen and oxygen atoms in total. The van der Waals surface area contributed by atoms with E-state index in [9.17, 15) is 19.5 Å². The maximum absolute atomic E-state index is 14.8. The first-order valence-corrected chi connectivity index (χ1v) is 16.2. The summed E-state index contributed by atoms with van der Waals surface area (Å²) in [5.41, 5.74) is -0.872. The van der Waals surface area contributed by atoms with Crippen molar-refractivity contribution in [3.63, 3.8) is 0 Å². The molecule has 4 rings (SSSR count). The lowest BCUT2D eigenvalue weighted by atomic mass is 9.70. The molecule has 0 aromatic heterocycles. The third-order valence-electron chi connectivity index (χ3n) is 9.13. The fourth-order valence-corrected chi connectivity index (χ4v) is 8.84. The molecule has 3 unspecified atom stereocenters. The summed E-state index contributed by atoms with van der Waals surface area (Å²) in [6, 6.07) is 8.07. The molecule has 3 amide bonds. The van der Waals surface area contributed by atoms with E-state index in [4.69, 9.17) is 4.74 Å². The standard InChI is InChI=1S/C34H48BrN3O5/c1-9-16-36(19-23-14-12-11-13-15-23)29(40)25-26-30(41)38(22(3)20-39)28(34(26)18-24(35)27(25)43-34)31(42)37(17-10-2)33(7,8)21-32(4,5)6/h9-15,22,24-28,39H,1-2,16-21H2,3-8H3/t22-,24?,25-,26+,27-,28?,34?/m1/s1. The molecule has 1 N–H and O–H groups in total. The second kappa shape index (κ2) is 12.5. The largest absolute Gasteiger partial charge is 0.394 e. The van der Waals surface area contributed by atoms with E-state index in [-0.39, 0.29) is 34.6 Å². The van der Waals surface area contributed by atoms with Gasteiger partial charge >= 0.3 is 0 Å². The van der Waals surface area contributed by atoms with Crippen LogP contribution in [0.25, 0.3) is 0 Å². The Balaban J connectivity index is 1.78. The third kappa shape index (κ3) is 6.09. The lowest BCUT2D eigenvalue weighted by Crippen LogP contribution is -2.62. The van der Waals surface area contributed by atoms with E-state index in [0.29, 0.717) is 32.5 Å². The Morgan fingerprint density at radius 1 is 1.14 bits per heavy atom. The molecule has 43 heavy (non-hydrogen) atoms. The summed E-state index contributed by atoms with van der Waals surface area (Å²) in [7, 11) is 0. The average molecular weight is 659 g/mol. The van der Waals surface area contributed by atoms with E-state index >= 15 is 0 Å². The Kier molecular flexibility index (Phi) is 9.70. The predicted octanol–water partition coefficient (Wildman–Crippen LogP) is 4.56. The van der Waals surface area contributed by atoms with E-state index < -0.39 is 41.2 Å². The van der Waals surface area contributed by atoms with Crippen LogP contribution in [0.3, 0.4) is 0 Å². The first-order valence-electron chi connectivity index (χ1n) is 15.2. The monoisotopic (exact) mass is 657 g/mol. The summed E-state index contributed by atoms with van der Waals surface area (Å²) >= 11 is 3.77. The Hall–Kier alpha value is -2.49. The van der Waals surface area contributed by atoms with Gasteiger partial charge in [0.2, 0.25) is 17.7 Å². The van der Waals surface area contributed by atoms with Crippen molar-refractivity contribution in [2.45, 2.75) is 95.1 Å². The number of benzene rings is 1. The SMILES string of the molecule is C=CCN(Cc1ccccc1)C(=O)[C@H]1[C@@H]2OC3(CC2Br)C(C(=O)N(CC=C)C(C)(C)CC(C)(C)C)N([C@H](C)CO)C(=O)[C@H]13. The van der Waals surface area contributed by atoms with Crippen LogP contribution in [0.2, 0.25) is 0 Å². The van der Waals surface area contributed by atoms with E-state index in [1.165, 1.54) is 4.90 Å². The molecule has 0 saturated carbocycles. The summed E-state index contributed by atoms with van der Waals surface area (Å²) < 4.78 is 6.74. The smallest absolute Gasteiger partial charge is 0.249 e. The highest BCUT2D eigenvalue weighted by molar-refractivity contribution is 9.09. The lowest BCUT2D eigenvalue weighted by Gasteiger charge is -2.46. The molecular formula is C34H48BrN3O5. The molecule has 3 heterocycles. The van der Waals surface area contributed by atoms with Crippen molar-refractivity contribution in [1.29, 1.82) is 0 Å². The molecular weight excluding hydrogens is 610 g/mol. The zero-order valence-electron chi connectivity index (χ0n) is 26.5. The van der Waals surface area contributed by atoms with Crippen LogP contribution in [-0.2, 0) is 25.7 Å². The van der Waals surface area contributed by atoms with Gasteiger partial charge in [0.25, 0.3) is 0 Å². The fraction of sp³-hybridized carbons (Fsp3) is 0.618. The van der Waals surface area contributed by atoms with Gasteiger partial charge in [-0.05, 0) is 44.6 Å². The Labute approximate surface area is 265 Å². The maximum Gasteiger partial charge on any atom is 0.249 e. The summed E-state index contributed by atoms with van der Waals surface area (Å²) in [6.45, 7) is 20.7. The number of hydrogen-bond acceptors (Lipinski definition) is 5. The molecule has 2 bridgehead atoms. The van der Waals surface area contributed by atoms with E-state index in [1.54, 1.807) is 28.9 Å². The molecule has 3 fully saturated rings. The van der Waals surface area contributed by atoms with Crippen LogP contribution >= 0.6 is 15.9 Å². The molecule has 9 heteroatoms. The van der Waals surface area contributed by atoms with Gasteiger partial charge in [0, 0.05) is 30.0 Å². The van der Waals surface area contributed by atoms with Gasteiger partial charge < -0.3 is 24.5 Å². The molecule has 1 aromatic rings. The maximum atomic E-state index is 14.8. The minimum Gasteiger partial charge on any atom is -0.394 e. The van der Waals surface area contributed by atoms with Crippen molar-refractivity contribution in [1.82, 2.24) is 14.7 Å². The third-order valence-corrected chi connectivity index (χ3v) is 9.98. The van der Waals surface area contributed by atoms with Crippen molar-refractivity contribution >= 4 is 33.7 Å². The van der Waals surface area contributed by atoms with Crippen molar-refractivity contribution in [2.75, 3.05) is 19.7 Å².